The monoisotopic (exact) mass is 483 g/mol. The van der Waals surface area contributed by atoms with E-state index in [0.717, 1.165) is 44.3 Å². The Morgan fingerprint density at radius 3 is 2.69 bits per heavy atom. The zero-order valence-electron chi connectivity index (χ0n) is 21.5. The molecule has 188 valence electrons. The van der Waals surface area contributed by atoms with E-state index in [9.17, 15) is 4.79 Å². The lowest BCUT2D eigenvalue weighted by atomic mass is 9.84. The van der Waals surface area contributed by atoms with Crippen LogP contribution >= 0.6 is 0 Å². The van der Waals surface area contributed by atoms with Crippen molar-refractivity contribution in [1.82, 2.24) is 4.98 Å². The summed E-state index contributed by atoms with van der Waals surface area (Å²) < 4.78 is 6.27. The van der Waals surface area contributed by atoms with Crippen LogP contribution in [-0.4, -0.2) is 22.2 Å². The molecule has 4 heteroatoms. The summed E-state index contributed by atoms with van der Waals surface area (Å²) in [5, 5.41) is 8.96. The maximum Gasteiger partial charge on any atom is 0.303 e. The number of hydrogen-bond donors (Lipinski definition) is 1. The van der Waals surface area contributed by atoms with Crippen LogP contribution in [-0.2, 0) is 16.6 Å². The number of aromatic nitrogens is 1. The van der Waals surface area contributed by atoms with Crippen LogP contribution in [0.4, 0.5) is 0 Å². The van der Waals surface area contributed by atoms with Gasteiger partial charge < -0.3 is 9.84 Å². The van der Waals surface area contributed by atoms with Gasteiger partial charge in [-0.1, -0.05) is 43.3 Å². The van der Waals surface area contributed by atoms with E-state index in [1.165, 1.54) is 46.2 Å². The number of ether oxygens (including phenoxy) is 1. The average Bonchev–Trinajstić information content (AvgIpc) is 3.81. The van der Waals surface area contributed by atoms with Gasteiger partial charge in [-0.25, -0.2) is 0 Å². The minimum absolute atomic E-state index is 0.172. The van der Waals surface area contributed by atoms with Crippen LogP contribution in [0, 0.1) is 6.92 Å². The number of rotatable bonds is 12. The van der Waals surface area contributed by atoms with Gasteiger partial charge >= 0.3 is 5.97 Å². The third-order valence-corrected chi connectivity index (χ3v) is 8.08. The SMILES string of the molecule is Cc1ccc(C(C)CCCC(=O)O)cc1CCC1(c2cnccc2-c2ccccc2OC2CC2)CC1. The van der Waals surface area contributed by atoms with Crippen molar-refractivity contribution >= 4 is 5.97 Å². The molecule has 2 aliphatic rings. The van der Waals surface area contributed by atoms with Gasteiger partial charge in [-0.05, 0) is 110 Å². The van der Waals surface area contributed by atoms with Crippen LogP contribution in [0.5, 0.6) is 5.75 Å². The lowest BCUT2D eigenvalue weighted by molar-refractivity contribution is -0.137. The summed E-state index contributed by atoms with van der Waals surface area (Å²) in [5.74, 6) is 0.646. The Balaban J connectivity index is 1.34. The Labute approximate surface area is 214 Å². The Hall–Kier alpha value is -3.14. The van der Waals surface area contributed by atoms with Crippen LogP contribution in [0.1, 0.15) is 86.5 Å². The Bertz CT molecular complexity index is 1230. The van der Waals surface area contributed by atoms with Crippen molar-refractivity contribution in [3.8, 4) is 16.9 Å². The normalized spacial score (nSPS) is 16.9. The first kappa shape index (κ1) is 24.5. The first-order chi connectivity index (χ1) is 17.4. The van der Waals surface area contributed by atoms with Gasteiger partial charge in [0.05, 0.1) is 6.10 Å². The molecule has 0 spiro atoms. The molecular weight excluding hydrogens is 446 g/mol. The smallest absolute Gasteiger partial charge is 0.303 e. The lowest BCUT2D eigenvalue weighted by Gasteiger charge is -2.22. The Morgan fingerprint density at radius 1 is 1.14 bits per heavy atom. The minimum atomic E-state index is -0.710. The summed E-state index contributed by atoms with van der Waals surface area (Å²) in [6.45, 7) is 4.41. The number of pyridine rings is 1. The molecule has 36 heavy (non-hydrogen) atoms. The number of para-hydroxylation sites is 1. The van der Waals surface area contributed by atoms with E-state index in [2.05, 4.69) is 73.6 Å². The molecule has 0 bridgehead atoms. The summed E-state index contributed by atoms with van der Waals surface area (Å²) in [5.41, 5.74) is 8.03. The van der Waals surface area contributed by atoms with Crippen molar-refractivity contribution in [2.75, 3.05) is 0 Å². The van der Waals surface area contributed by atoms with E-state index in [1.54, 1.807) is 0 Å². The highest BCUT2D eigenvalue weighted by Gasteiger charge is 2.45. The van der Waals surface area contributed by atoms with E-state index in [1.807, 2.05) is 6.20 Å². The first-order valence-electron chi connectivity index (χ1n) is 13.5. The molecule has 4 nitrogen and oxygen atoms in total. The highest BCUT2D eigenvalue weighted by Crippen LogP contribution is 2.55. The lowest BCUT2D eigenvalue weighted by Crippen LogP contribution is -2.11. The summed E-state index contributed by atoms with van der Waals surface area (Å²) in [6.07, 6.45) is 13.1. The number of carboxylic acid groups (broad SMARTS) is 1. The van der Waals surface area contributed by atoms with Gasteiger partial charge in [0.1, 0.15) is 5.75 Å². The molecule has 1 heterocycles. The van der Waals surface area contributed by atoms with E-state index >= 15 is 0 Å². The zero-order chi connectivity index (χ0) is 25.1. The van der Waals surface area contributed by atoms with Crippen LogP contribution in [0.25, 0.3) is 11.1 Å². The molecule has 0 aliphatic heterocycles. The fourth-order valence-electron chi connectivity index (χ4n) is 5.38. The number of aliphatic carboxylic acids is 1. The van der Waals surface area contributed by atoms with Crippen molar-refractivity contribution < 1.29 is 14.6 Å². The Morgan fingerprint density at radius 2 is 1.94 bits per heavy atom. The third-order valence-electron chi connectivity index (χ3n) is 8.08. The van der Waals surface area contributed by atoms with Crippen molar-refractivity contribution in [1.29, 1.82) is 0 Å². The molecule has 2 aromatic carbocycles. The summed E-state index contributed by atoms with van der Waals surface area (Å²) in [6, 6.07) is 17.4. The standard InChI is InChI=1S/C32H37NO3/c1-22(6-5-9-31(34)35)24-11-10-23(2)25(20-24)14-16-32(17-18-32)29-21-33-19-15-27(29)28-7-3-4-8-30(28)36-26-12-13-26/h3-4,7-8,10-11,15,19-22,26H,5-6,9,12-14,16-18H2,1-2H3,(H,34,35). The van der Waals surface area contributed by atoms with Crippen molar-refractivity contribution in [3.05, 3.63) is 83.2 Å². The van der Waals surface area contributed by atoms with Gasteiger partial charge in [-0.2, -0.15) is 0 Å². The molecule has 0 amide bonds. The van der Waals surface area contributed by atoms with Gasteiger partial charge in [-0.15, -0.1) is 0 Å². The second-order valence-corrected chi connectivity index (χ2v) is 10.9. The maximum atomic E-state index is 10.9. The number of carbonyl (C=O) groups is 1. The van der Waals surface area contributed by atoms with Crippen LogP contribution in [0.15, 0.2) is 60.9 Å². The molecular formula is C32H37NO3. The molecule has 2 fully saturated rings. The number of hydrogen-bond acceptors (Lipinski definition) is 3. The van der Waals surface area contributed by atoms with Gasteiger partial charge in [-0.3, -0.25) is 9.78 Å². The van der Waals surface area contributed by atoms with Gasteiger partial charge in [0.15, 0.2) is 0 Å². The van der Waals surface area contributed by atoms with E-state index < -0.39 is 5.97 Å². The van der Waals surface area contributed by atoms with Crippen molar-refractivity contribution in [3.63, 3.8) is 0 Å². The Kier molecular flexibility index (Phi) is 7.13. The molecule has 1 unspecified atom stereocenters. The molecule has 1 aromatic heterocycles. The fraction of sp³-hybridized carbons (Fsp3) is 0.438. The molecule has 2 aliphatic carbocycles. The van der Waals surface area contributed by atoms with Crippen molar-refractivity contribution in [2.45, 2.75) is 89.1 Å². The van der Waals surface area contributed by atoms with Crippen LogP contribution in [0.3, 0.4) is 0 Å². The van der Waals surface area contributed by atoms with Gasteiger partial charge in [0.25, 0.3) is 0 Å². The van der Waals surface area contributed by atoms with E-state index in [-0.39, 0.29) is 11.8 Å². The summed E-state index contributed by atoms with van der Waals surface area (Å²) in [7, 11) is 0. The van der Waals surface area contributed by atoms with E-state index in [4.69, 9.17) is 9.84 Å². The molecule has 3 aromatic rings. The third kappa shape index (κ3) is 5.64. The quantitative estimate of drug-likeness (QED) is 0.288. The average molecular weight is 484 g/mol. The molecule has 1 N–H and O–H groups in total. The van der Waals surface area contributed by atoms with Gasteiger partial charge in [0, 0.05) is 24.4 Å². The fourth-order valence-corrected chi connectivity index (χ4v) is 5.38. The topological polar surface area (TPSA) is 59.4 Å². The highest BCUT2D eigenvalue weighted by molar-refractivity contribution is 5.74. The second-order valence-electron chi connectivity index (χ2n) is 10.9. The number of benzene rings is 2. The molecule has 1 atom stereocenters. The predicted molar refractivity (Wildman–Crippen MR) is 144 cm³/mol. The molecule has 0 saturated heterocycles. The van der Waals surface area contributed by atoms with Crippen LogP contribution in [0.2, 0.25) is 0 Å². The first-order valence-corrected chi connectivity index (χ1v) is 13.5. The van der Waals surface area contributed by atoms with E-state index in [0.29, 0.717) is 12.0 Å². The second kappa shape index (κ2) is 10.5. The number of aryl methyl sites for hydroxylation is 2. The van der Waals surface area contributed by atoms with Crippen molar-refractivity contribution in [2.24, 2.45) is 0 Å². The minimum Gasteiger partial charge on any atom is -0.490 e. The molecule has 5 rings (SSSR count). The zero-order valence-corrected chi connectivity index (χ0v) is 21.5. The summed E-state index contributed by atoms with van der Waals surface area (Å²) in [4.78, 5) is 15.4. The van der Waals surface area contributed by atoms with Crippen LogP contribution < -0.4 is 4.74 Å². The highest BCUT2D eigenvalue weighted by atomic mass is 16.5. The number of carboxylic acids is 1. The largest absolute Gasteiger partial charge is 0.490 e. The molecule has 0 radical (unpaired) electrons. The molecule has 2 saturated carbocycles. The number of nitrogens with zero attached hydrogens (tertiary/aromatic N) is 1. The van der Waals surface area contributed by atoms with Gasteiger partial charge in [0.2, 0.25) is 0 Å². The predicted octanol–water partition coefficient (Wildman–Crippen LogP) is 7.62. The summed E-state index contributed by atoms with van der Waals surface area (Å²) >= 11 is 0. The maximum absolute atomic E-state index is 10.9.